The summed E-state index contributed by atoms with van der Waals surface area (Å²) in [6, 6.07) is 7.03. The number of carbonyl (C=O) groups is 1. The zero-order valence-corrected chi connectivity index (χ0v) is 13.7. The van der Waals surface area contributed by atoms with E-state index in [2.05, 4.69) is 6.07 Å². The summed E-state index contributed by atoms with van der Waals surface area (Å²) in [5, 5.41) is 10.2. The van der Waals surface area contributed by atoms with Crippen LogP contribution in [0, 0.1) is 23.2 Å². The van der Waals surface area contributed by atoms with Crippen molar-refractivity contribution >= 4 is 29.0 Å². The molecule has 5 unspecified atom stereocenters. The van der Waals surface area contributed by atoms with E-state index in [0.29, 0.717) is 15.6 Å². The summed E-state index contributed by atoms with van der Waals surface area (Å²) in [6.07, 6.45) is -0.213. The van der Waals surface area contributed by atoms with Crippen LogP contribution in [0.3, 0.4) is 0 Å². The summed E-state index contributed by atoms with van der Waals surface area (Å²) in [7, 11) is 0. The van der Waals surface area contributed by atoms with Gasteiger partial charge in [0.05, 0.1) is 24.2 Å². The van der Waals surface area contributed by atoms with Crippen molar-refractivity contribution in [2.24, 2.45) is 11.8 Å². The Kier molecular flexibility index (Phi) is 4.93. The lowest BCUT2D eigenvalue weighted by Gasteiger charge is -2.21. The number of nitrogens with zero attached hydrogens (tertiary/aromatic N) is 1. The number of halogens is 2. The van der Waals surface area contributed by atoms with E-state index in [9.17, 15) is 10.1 Å². The zero-order chi connectivity index (χ0) is 15.7. The van der Waals surface area contributed by atoms with Crippen LogP contribution >= 0.6 is 23.2 Å². The van der Waals surface area contributed by atoms with Crippen LogP contribution < -0.4 is 0 Å². The Morgan fingerprint density at radius 3 is 2.24 bits per heavy atom. The first-order valence-corrected chi connectivity index (χ1v) is 7.66. The second kappa shape index (κ2) is 6.36. The third-order valence-corrected chi connectivity index (χ3v) is 4.93. The molecule has 0 aromatic heterocycles. The molecule has 21 heavy (non-hydrogen) atoms. The first kappa shape index (κ1) is 16.3. The third kappa shape index (κ3) is 2.94. The summed E-state index contributed by atoms with van der Waals surface area (Å²) < 4.78 is 5.70. The summed E-state index contributed by atoms with van der Waals surface area (Å²) in [6.45, 7) is 5.78. The molecular weight excluding hydrogens is 309 g/mol. The molecule has 112 valence electrons. The number of rotatable bonds is 3. The van der Waals surface area contributed by atoms with E-state index < -0.39 is 5.92 Å². The zero-order valence-electron chi connectivity index (χ0n) is 12.1. The summed E-state index contributed by atoms with van der Waals surface area (Å²) in [4.78, 5) is 12.8. The van der Waals surface area contributed by atoms with Gasteiger partial charge >= 0.3 is 0 Å². The van der Waals surface area contributed by atoms with Crippen molar-refractivity contribution in [1.82, 2.24) is 0 Å². The van der Waals surface area contributed by atoms with Gasteiger partial charge in [-0.3, -0.25) is 4.79 Å². The predicted octanol–water partition coefficient (Wildman–Crippen LogP) is 4.23. The minimum absolute atomic E-state index is 0.00462. The highest BCUT2D eigenvalue weighted by atomic mass is 35.5. The monoisotopic (exact) mass is 325 g/mol. The molecule has 5 atom stereocenters. The number of hydrogen-bond donors (Lipinski definition) is 0. The van der Waals surface area contributed by atoms with E-state index in [0.717, 1.165) is 0 Å². The number of ketones is 1. The molecule has 2 rings (SSSR count). The normalized spacial score (nSPS) is 29.9. The van der Waals surface area contributed by atoms with Crippen LogP contribution in [0.1, 0.15) is 32.3 Å². The van der Waals surface area contributed by atoms with Crippen LogP contribution in [0.2, 0.25) is 10.0 Å². The lowest BCUT2D eigenvalue weighted by atomic mass is 9.79. The molecule has 0 radical (unpaired) electrons. The number of carbonyl (C=O) groups excluding carboxylic acids is 1. The van der Waals surface area contributed by atoms with Gasteiger partial charge in [0.2, 0.25) is 0 Å². The fourth-order valence-electron chi connectivity index (χ4n) is 3.01. The number of nitriles is 1. The topological polar surface area (TPSA) is 50.1 Å². The molecule has 1 aliphatic heterocycles. The molecule has 0 saturated carbocycles. The maximum atomic E-state index is 12.8. The van der Waals surface area contributed by atoms with Crippen molar-refractivity contribution in [3.05, 3.63) is 33.8 Å². The van der Waals surface area contributed by atoms with E-state index in [1.165, 1.54) is 0 Å². The van der Waals surface area contributed by atoms with Crippen LogP contribution in [0.15, 0.2) is 18.2 Å². The van der Waals surface area contributed by atoms with Gasteiger partial charge in [-0.15, -0.1) is 0 Å². The summed E-state index contributed by atoms with van der Waals surface area (Å²) in [5.41, 5.74) is 0.396. The summed E-state index contributed by atoms with van der Waals surface area (Å²) >= 11 is 12.3. The number of ether oxygens (including phenoxy) is 1. The van der Waals surface area contributed by atoms with Crippen molar-refractivity contribution in [3.8, 4) is 6.07 Å². The van der Waals surface area contributed by atoms with Gasteiger partial charge in [0.15, 0.2) is 5.78 Å². The van der Waals surface area contributed by atoms with E-state index in [-0.39, 0.29) is 29.8 Å². The van der Waals surface area contributed by atoms with E-state index >= 15 is 0 Å². The Balaban J connectivity index is 2.39. The Morgan fingerprint density at radius 1 is 1.24 bits per heavy atom. The number of benzene rings is 1. The molecule has 1 fully saturated rings. The highest BCUT2D eigenvalue weighted by Gasteiger charge is 2.44. The average Bonchev–Trinajstić information content (AvgIpc) is 2.67. The van der Waals surface area contributed by atoms with Crippen LogP contribution in [0.25, 0.3) is 0 Å². The number of hydrogen-bond acceptors (Lipinski definition) is 3. The lowest BCUT2D eigenvalue weighted by molar-refractivity contribution is -0.125. The molecule has 0 bridgehead atoms. The van der Waals surface area contributed by atoms with Crippen molar-refractivity contribution in [1.29, 1.82) is 5.26 Å². The van der Waals surface area contributed by atoms with Gasteiger partial charge < -0.3 is 4.74 Å². The second-order valence-corrected chi connectivity index (χ2v) is 6.35. The first-order valence-electron chi connectivity index (χ1n) is 6.91. The molecule has 1 aromatic carbocycles. The van der Waals surface area contributed by atoms with E-state index in [4.69, 9.17) is 27.9 Å². The smallest absolute Gasteiger partial charge is 0.160 e. The molecule has 5 heteroatoms. The van der Waals surface area contributed by atoms with Crippen LogP contribution in [0.5, 0.6) is 0 Å². The van der Waals surface area contributed by atoms with Gasteiger partial charge in [-0.05, 0) is 31.9 Å². The standard InChI is InChI=1S/C16H17Cl2NO2/c1-8-9(2)21-10(3)14(8)16(20)11(7-19)15-12(17)5-4-6-13(15)18/h4-6,8-11,14H,1-3H3. The highest BCUT2D eigenvalue weighted by molar-refractivity contribution is 6.36. The molecular formula is C16H17Cl2NO2. The van der Waals surface area contributed by atoms with Gasteiger partial charge in [-0.2, -0.15) is 5.26 Å². The molecule has 1 aromatic rings. The third-order valence-electron chi connectivity index (χ3n) is 4.27. The summed E-state index contributed by atoms with van der Waals surface area (Å²) in [5.74, 6) is -1.39. The SMILES string of the molecule is CC1OC(C)C(C(=O)C(C#N)c2c(Cl)cccc2Cl)C1C. The number of Topliss-reactive ketones (excluding diaryl/α,β-unsaturated/α-hetero) is 1. The fraction of sp³-hybridized carbons (Fsp3) is 0.500. The molecule has 0 aliphatic carbocycles. The maximum absolute atomic E-state index is 12.8. The predicted molar refractivity (Wildman–Crippen MR) is 82.5 cm³/mol. The van der Waals surface area contributed by atoms with Crippen molar-refractivity contribution in [2.45, 2.75) is 38.9 Å². The van der Waals surface area contributed by atoms with Crippen molar-refractivity contribution in [3.63, 3.8) is 0 Å². The Bertz CT molecular complexity index is 576. The molecule has 3 nitrogen and oxygen atoms in total. The van der Waals surface area contributed by atoms with E-state index in [1.807, 2.05) is 20.8 Å². The molecule has 1 heterocycles. The molecule has 1 saturated heterocycles. The quantitative estimate of drug-likeness (QED) is 0.835. The Morgan fingerprint density at radius 2 is 1.81 bits per heavy atom. The Labute approximate surface area is 134 Å². The van der Waals surface area contributed by atoms with Crippen molar-refractivity contribution in [2.75, 3.05) is 0 Å². The van der Waals surface area contributed by atoms with Crippen LogP contribution in [-0.2, 0) is 9.53 Å². The van der Waals surface area contributed by atoms with Gasteiger partial charge in [-0.25, -0.2) is 0 Å². The minimum atomic E-state index is -0.963. The van der Waals surface area contributed by atoms with Gasteiger partial charge in [-0.1, -0.05) is 36.2 Å². The largest absolute Gasteiger partial charge is 0.375 e. The molecule has 0 amide bonds. The lowest BCUT2D eigenvalue weighted by Crippen LogP contribution is -2.31. The van der Waals surface area contributed by atoms with Crippen molar-refractivity contribution < 1.29 is 9.53 Å². The minimum Gasteiger partial charge on any atom is -0.375 e. The maximum Gasteiger partial charge on any atom is 0.160 e. The first-order chi connectivity index (χ1) is 9.88. The van der Waals surface area contributed by atoms with Crippen LogP contribution in [-0.4, -0.2) is 18.0 Å². The average molecular weight is 326 g/mol. The fourth-order valence-corrected chi connectivity index (χ4v) is 3.62. The van der Waals surface area contributed by atoms with E-state index in [1.54, 1.807) is 18.2 Å². The second-order valence-electron chi connectivity index (χ2n) is 5.53. The molecule has 0 N–H and O–H groups in total. The van der Waals surface area contributed by atoms with Gasteiger partial charge in [0.25, 0.3) is 0 Å². The molecule has 1 aliphatic rings. The van der Waals surface area contributed by atoms with Gasteiger partial charge in [0.1, 0.15) is 5.92 Å². The van der Waals surface area contributed by atoms with Gasteiger partial charge in [0, 0.05) is 15.6 Å². The highest BCUT2D eigenvalue weighted by Crippen LogP contribution is 2.39. The Hall–Kier alpha value is -1.08. The van der Waals surface area contributed by atoms with Crippen LogP contribution in [0.4, 0.5) is 0 Å². The molecule has 0 spiro atoms.